The third kappa shape index (κ3) is 1.89. The fourth-order valence-electron chi connectivity index (χ4n) is 2.53. The summed E-state index contributed by atoms with van der Waals surface area (Å²) in [5, 5.41) is 9.40. The van der Waals surface area contributed by atoms with Crippen molar-refractivity contribution in [1.82, 2.24) is 15.2 Å². The van der Waals surface area contributed by atoms with Crippen LogP contribution in [-0.4, -0.2) is 21.5 Å². The molecule has 0 fully saturated rings. The molecule has 1 N–H and O–H groups in total. The van der Waals surface area contributed by atoms with Crippen LogP contribution in [0, 0.1) is 0 Å². The Bertz CT molecular complexity index is 972. The smallest absolute Gasteiger partial charge is 0.150 e. The van der Waals surface area contributed by atoms with Crippen LogP contribution in [0.25, 0.3) is 33.1 Å². The first-order valence-electron chi connectivity index (χ1n) is 6.63. The SMILES string of the molecule is O=Cc1ccc2c(-c3cnc4ccccc4c3)n[nH]c2c1. The van der Waals surface area contributed by atoms with Gasteiger partial charge in [0.05, 0.1) is 11.0 Å². The van der Waals surface area contributed by atoms with Crippen LogP contribution in [0.3, 0.4) is 0 Å². The molecule has 0 spiro atoms. The lowest BCUT2D eigenvalue weighted by atomic mass is 10.1. The van der Waals surface area contributed by atoms with Crippen LogP contribution in [0.4, 0.5) is 0 Å². The molecule has 0 bridgehead atoms. The summed E-state index contributed by atoms with van der Waals surface area (Å²) in [7, 11) is 0. The summed E-state index contributed by atoms with van der Waals surface area (Å²) in [5.74, 6) is 0. The number of pyridine rings is 1. The van der Waals surface area contributed by atoms with Crippen molar-refractivity contribution in [2.75, 3.05) is 0 Å². The average Bonchev–Trinajstić information content (AvgIpc) is 2.97. The molecule has 2 aromatic heterocycles. The lowest BCUT2D eigenvalue weighted by Crippen LogP contribution is -1.84. The summed E-state index contributed by atoms with van der Waals surface area (Å²) in [6.45, 7) is 0. The number of nitrogens with zero attached hydrogens (tertiary/aromatic N) is 2. The van der Waals surface area contributed by atoms with E-state index in [1.807, 2.05) is 36.5 Å². The molecule has 0 unspecified atom stereocenters. The number of aromatic nitrogens is 3. The maximum atomic E-state index is 10.8. The minimum absolute atomic E-state index is 0.634. The second-order valence-electron chi connectivity index (χ2n) is 4.91. The molecule has 21 heavy (non-hydrogen) atoms. The molecule has 0 aliphatic carbocycles. The van der Waals surface area contributed by atoms with Crippen molar-refractivity contribution in [3.63, 3.8) is 0 Å². The highest BCUT2D eigenvalue weighted by molar-refractivity contribution is 5.97. The fourth-order valence-corrected chi connectivity index (χ4v) is 2.53. The van der Waals surface area contributed by atoms with Crippen LogP contribution >= 0.6 is 0 Å². The van der Waals surface area contributed by atoms with Crippen LogP contribution in [0.1, 0.15) is 10.4 Å². The van der Waals surface area contributed by atoms with Gasteiger partial charge in [0, 0.05) is 28.1 Å². The second kappa shape index (κ2) is 4.52. The molecule has 0 saturated heterocycles. The predicted molar refractivity (Wildman–Crippen MR) is 82.2 cm³/mol. The largest absolute Gasteiger partial charge is 0.298 e. The number of hydrogen-bond donors (Lipinski definition) is 1. The number of benzene rings is 2. The summed E-state index contributed by atoms with van der Waals surface area (Å²) in [4.78, 5) is 15.3. The van der Waals surface area contributed by atoms with Gasteiger partial charge >= 0.3 is 0 Å². The number of nitrogens with one attached hydrogen (secondary N) is 1. The van der Waals surface area contributed by atoms with Crippen molar-refractivity contribution >= 4 is 28.1 Å². The third-order valence-electron chi connectivity index (χ3n) is 3.59. The van der Waals surface area contributed by atoms with Crippen molar-refractivity contribution in [2.45, 2.75) is 0 Å². The van der Waals surface area contributed by atoms with Gasteiger partial charge in [-0.25, -0.2) is 0 Å². The van der Waals surface area contributed by atoms with Crippen LogP contribution in [0.15, 0.2) is 54.7 Å². The van der Waals surface area contributed by atoms with Gasteiger partial charge in [-0.1, -0.05) is 24.3 Å². The molecule has 4 nitrogen and oxygen atoms in total. The van der Waals surface area contributed by atoms with E-state index < -0.39 is 0 Å². The maximum absolute atomic E-state index is 10.8. The Kier molecular flexibility index (Phi) is 2.54. The lowest BCUT2D eigenvalue weighted by molar-refractivity contribution is 0.112. The molecule has 4 aromatic rings. The first-order valence-corrected chi connectivity index (χ1v) is 6.63. The highest BCUT2D eigenvalue weighted by atomic mass is 16.1. The first kappa shape index (κ1) is 11.8. The number of aldehydes is 1. The molecule has 100 valence electrons. The predicted octanol–water partition coefficient (Wildman–Crippen LogP) is 3.59. The number of hydrogen-bond acceptors (Lipinski definition) is 3. The Balaban J connectivity index is 1.93. The van der Waals surface area contributed by atoms with Crippen molar-refractivity contribution in [2.24, 2.45) is 0 Å². The number of para-hydroxylation sites is 1. The van der Waals surface area contributed by atoms with E-state index in [1.165, 1.54) is 0 Å². The number of carbonyl (C=O) groups is 1. The summed E-state index contributed by atoms with van der Waals surface area (Å²) in [6, 6.07) is 15.6. The number of aromatic amines is 1. The lowest BCUT2D eigenvalue weighted by Gasteiger charge is -2.01. The highest BCUT2D eigenvalue weighted by Crippen LogP contribution is 2.28. The fraction of sp³-hybridized carbons (Fsp3) is 0. The molecule has 0 radical (unpaired) electrons. The van der Waals surface area contributed by atoms with Gasteiger partial charge in [0.1, 0.15) is 12.0 Å². The zero-order valence-electron chi connectivity index (χ0n) is 11.1. The molecular weight excluding hydrogens is 262 g/mol. The van der Waals surface area contributed by atoms with Gasteiger partial charge in [0.2, 0.25) is 0 Å². The summed E-state index contributed by atoms with van der Waals surface area (Å²) in [5.41, 5.74) is 4.25. The van der Waals surface area contributed by atoms with Crippen molar-refractivity contribution in [1.29, 1.82) is 0 Å². The normalized spacial score (nSPS) is 11.0. The van der Waals surface area contributed by atoms with E-state index in [4.69, 9.17) is 0 Å². The number of fused-ring (bicyclic) bond motifs is 2. The van der Waals surface area contributed by atoms with Crippen LogP contribution in [0.5, 0.6) is 0 Å². The Morgan fingerprint density at radius 2 is 1.95 bits per heavy atom. The number of H-pyrrole nitrogens is 1. The minimum Gasteiger partial charge on any atom is -0.298 e. The summed E-state index contributed by atoms with van der Waals surface area (Å²) < 4.78 is 0. The van der Waals surface area contributed by atoms with Gasteiger partial charge in [-0.3, -0.25) is 14.9 Å². The van der Waals surface area contributed by atoms with Gasteiger partial charge in [-0.15, -0.1) is 0 Å². The molecule has 0 amide bonds. The summed E-state index contributed by atoms with van der Waals surface area (Å²) >= 11 is 0. The van der Waals surface area contributed by atoms with Gasteiger partial charge < -0.3 is 0 Å². The van der Waals surface area contributed by atoms with Gasteiger partial charge in [-0.05, 0) is 24.3 Å². The maximum Gasteiger partial charge on any atom is 0.150 e. The van der Waals surface area contributed by atoms with Crippen molar-refractivity contribution < 1.29 is 4.79 Å². The Morgan fingerprint density at radius 1 is 1.05 bits per heavy atom. The van der Waals surface area contributed by atoms with E-state index in [0.29, 0.717) is 5.56 Å². The van der Waals surface area contributed by atoms with Gasteiger partial charge in [0.25, 0.3) is 0 Å². The van der Waals surface area contributed by atoms with Gasteiger partial charge in [0.15, 0.2) is 0 Å². The van der Waals surface area contributed by atoms with Crippen LogP contribution < -0.4 is 0 Å². The molecular formula is C17H11N3O. The van der Waals surface area contributed by atoms with Crippen LogP contribution in [0.2, 0.25) is 0 Å². The molecule has 2 aromatic carbocycles. The quantitative estimate of drug-likeness (QED) is 0.568. The molecule has 4 heteroatoms. The minimum atomic E-state index is 0.634. The topological polar surface area (TPSA) is 58.6 Å². The van der Waals surface area contributed by atoms with E-state index in [-0.39, 0.29) is 0 Å². The van der Waals surface area contributed by atoms with Gasteiger partial charge in [-0.2, -0.15) is 5.10 Å². The van der Waals surface area contributed by atoms with E-state index in [0.717, 1.165) is 39.3 Å². The molecule has 2 heterocycles. The monoisotopic (exact) mass is 273 g/mol. The Labute approximate surface area is 120 Å². The van der Waals surface area contributed by atoms with Crippen molar-refractivity contribution in [3.05, 3.63) is 60.3 Å². The third-order valence-corrected chi connectivity index (χ3v) is 3.59. The molecule has 0 aliphatic rings. The zero-order chi connectivity index (χ0) is 14.2. The Morgan fingerprint density at radius 3 is 2.86 bits per heavy atom. The molecule has 0 atom stereocenters. The van der Waals surface area contributed by atoms with E-state index in [2.05, 4.69) is 21.2 Å². The van der Waals surface area contributed by atoms with E-state index >= 15 is 0 Å². The molecule has 0 saturated carbocycles. The first-order chi connectivity index (χ1) is 10.3. The van der Waals surface area contributed by atoms with Crippen LogP contribution in [-0.2, 0) is 0 Å². The zero-order valence-corrected chi connectivity index (χ0v) is 11.1. The highest BCUT2D eigenvalue weighted by Gasteiger charge is 2.09. The van der Waals surface area contributed by atoms with E-state index in [1.54, 1.807) is 12.1 Å². The average molecular weight is 273 g/mol. The number of rotatable bonds is 2. The van der Waals surface area contributed by atoms with E-state index in [9.17, 15) is 4.79 Å². The standard InChI is InChI=1S/C17H11N3O/c21-10-11-5-6-14-16(7-11)19-20-17(14)13-8-12-3-1-2-4-15(12)18-9-13/h1-10H,(H,19,20). The molecule has 0 aliphatic heterocycles. The summed E-state index contributed by atoms with van der Waals surface area (Å²) in [6.07, 6.45) is 2.66. The second-order valence-corrected chi connectivity index (χ2v) is 4.91. The number of carbonyl (C=O) groups excluding carboxylic acids is 1. The molecule has 4 rings (SSSR count). The van der Waals surface area contributed by atoms with Crippen molar-refractivity contribution in [3.8, 4) is 11.3 Å². The Hall–Kier alpha value is -3.01.